The van der Waals surface area contributed by atoms with E-state index in [1.165, 1.54) is 36.4 Å². The van der Waals surface area contributed by atoms with E-state index in [1.807, 2.05) is 24.3 Å². The fourth-order valence-corrected chi connectivity index (χ4v) is 5.28. The van der Waals surface area contributed by atoms with Crippen LogP contribution in [0.2, 0.25) is 0 Å². The van der Waals surface area contributed by atoms with Crippen LogP contribution in [-0.4, -0.2) is 62.7 Å². The van der Waals surface area contributed by atoms with Crippen molar-refractivity contribution in [3.05, 3.63) is 94.6 Å². The average Bonchev–Trinajstić information content (AvgIpc) is 2.92. The molecule has 2 amide bonds. The number of nitrogens with zero attached hydrogens (tertiary/aromatic N) is 5. The maximum Gasteiger partial charge on any atom is 0.283 e. The highest BCUT2D eigenvalue weighted by Gasteiger charge is 2.28. The summed E-state index contributed by atoms with van der Waals surface area (Å²) in [5.41, 5.74) is 1.87. The van der Waals surface area contributed by atoms with E-state index >= 15 is 0 Å². The van der Waals surface area contributed by atoms with Gasteiger partial charge in [0.15, 0.2) is 0 Å². The molecule has 3 aromatic rings. The average molecular weight is 518 g/mol. The summed E-state index contributed by atoms with van der Waals surface area (Å²) in [6.07, 6.45) is 4.38. The second-order valence-electron chi connectivity index (χ2n) is 8.89. The molecule has 1 aromatic heterocycles. The van der Waals surface area contributed by atoms with Gasteiger partial charge in [-0.3, -0.25) is 24.7 Å². The third-order valence-electron chi connectivity index (χ3n) is 6.16. The van der Waals surface area contributed by atoms with Crippen molar-refractivity contribution in [2.75, 3.05) is 26.2 Å². The van der Waals surface area contributed by atoms with Gasteiger partial charge in [-0.05, 0) is 29.2 Å². The Morgan fingerprint density at radius 1 is 1.03 bits per heavy atom. The Morgan fingerprint density at radius 3 is 2.38 bits per heavy atom. The zero-order valence-corrected chi connectivity index (χ0v) is 21.5. The van der Waals surface area contributed by atoms with Crippen molar-refractivity contribution in [3.8, 4) is 0 Å². The number of piperazine rings is 1. The summed E-state index contributed by atoms with van der Waals surface area (Å²) >= 11 is 1.34. The standard InChI is InChI=1S/C27H27N5O4S/c1-18(2)21-6-4-5-7-24(21)37-25-9-8-20(16-23(25)32(35)36)19(3)26(33)30-12-14-31(15-13-30)27(34)22-17-28-10-11-29-22/h4-11,16-18H,3,12-15H2,1-2H3. The molecule has 0 N–H and O–H groups in total. The second kappa shape index (κ2) is 11.3. The number of nitro groups is 1. The quantitative estimate of drug-likeness (QED) is 0.255. The van der Waals surface area contributed by atoms with E-state index in [0.29, 0.717) is 36.6 Å². The monoisotopic (exact) mass is 517 g/mol. The number of nitro benzene ring substituents is 1. The summed E-state index contributed by atoms with van der Waals surface area (Å²) in [6, 6.07) is 12.6. The van der Waals surface area contributed by atoms with Crippen molar-refractivity contribution < 1.29 is 14.5 Å². The zero-order valence-electron chi connectivity index (χ0n) is 20.7. The second-order valence-corrected chi connectivity index (χ2v) is 9.97. The van der Waals surface area contributed by atoms with Gasteiger partial charge >= 0.3 is 0 Å². The molecule has 0 saturated carbocycles. The van der Waals surface area contributed by atoms with E-state index in [2.05, 4.69) is 30.4 Å². The molecule has 0 radical (unpaired) electrons. The van der Waals surface area contributed by atoms with Crippen LogP contribution in [-0.2, 0) is 4.79 Å². The Balaban J connectivity index is 1.46. The number of rotatable bonds is 7. The summed E-state index contributed by atoms with van der Waals surface area (Å²) in [4.78, 5) is 49.9. The molecule has 2 aromatic carbocycles. The summed E-state index contributed by atoms with van der Waals surface area (Å²) in [7, 11) is 0. The first-order chi connectivity index (χ1) is 17.8. The van der Waals surface area contributed by atoms with Crippen LogP contribution in [0.5, 0.6) is 0 Å². The fourth-order valence-electron chi connectivity index (χ4n) is 4.10. The van der Waals surface area contributed by atoms with Crippen molar-refractivity contribution >= 4 is 34.8 Å². The van der Waals surface area contributed by atoms with E-state index in [0.717, 1.165) is 10.5 Å². The third-order valence-corrected chi connectivity index (χ3v) is 7.32. The van der Waals surface area contributed by atoms with Crippen molar-refractivity contribution in [1.82, 2.24) is 19.8 Å². The van der Waals surface area contributed by atoms with Gasteiger partial charge in [0.2, 0.25) is 0 Å². The van der Waals surface area contributed by atoms with Gasteiger partial charge in [-0.2, -0.15) is 0 Å². The lowest BCUT2D eigenvalue weighted by Gasteiger charge is -2.34. The number of carbonyl (C=O) groups excluding carboxylic acids is 2. The summed E-state index contributed by atoms with van der Waals surface area (Å²) in [5, 5.41) is 11.9. The summed E-state index contributed by atoms with van der Waals surface area (Å²) < 4.78 is 0. The molecule has 190 valence electrons. The minimum Gasteiger partial charge on any atom is -0.335 e. The van der Waals surface area contributed by atoms with Gasteiger partial charge in [0.1, 0.15) is 5.69 Å². The Morgan fingerprint density at radius 2 is 1.73 bits per heavy atom. The largest absolute Gasteiger partial charge is 0.335 e. The normalized spacial score (nSPS) is 13.5. The lowest BCUT2D eigenvalue weighted by molar-refractivity contribution is -0.387. The number of amides is 2. The van der Waals surface area contributed by atoms with Crippen molar-refractivity contribution in [2.24, 2.45) is 0 Å². The number of aromatic nitrogens is 2. The Hall–Kier alpha value is -4.05. The predicted octanol–water partition coefficient (Wildman–Crippen LogP) is 4.66. The SMILES string of the molecule is C=C(C(=O)N1CCN(C(=O)c2cnccn2)CC1)c1ccc(Sc2ccccc2C(C)C)c([N+](=O)[O-])c1. The minimum absolute atomic E-state index is 0.0746. The van der Waals surface area contributed by atoms with Gasteiger partial charge in [-0.15, -0.1) is 0 Å². The van der Waals surface area contributed by atoms with E-state index in [-0.39, 0.29) is 34.7 Å². The van der Waals surface area contributed by atoms with Crippen LogP contribution in [0.1, 0.15) is 41.4 Å². The molecule has 0 aliphatic carbocycles. The maximum atomic E-state index is 13.1. The first-order valence-corrected chi connectivity index (χ1v) is 12.7. The number of carbonyl (C=O) groups is 2. The van der Waals surface area contributed by atoms with Gasteiger partial charge in [0, 0.05) is 55.1 Å². The molecule has 0 bridgehead atoms. The van der Waals surface area contributed by atoms with Crippen LogP contribution in [0.4, 0.5) is 5.69 Å². The Labute approximate surface area is 219 Å². The Bertz CT molecular complexity index is 1340. The summed E-state index contributed by atoms with van der Waals surface area (Å²) in [6.45, 7) is 9.44. The van der Waals surface area contributed by atoms with Gasteiger partial charge in [-0.1, -0.05) is 56.5 Å². The lowest BCUT2D eigenvalue weighted by Crippen LogP contribution is -2.50. The maximum absolute atomic E-state index is 13.1. The molecule has 10 heteroatoms. The van der Waals surface area contributed by atoms with Crippen LogP contribution >= 0.6 is 11.8 Å². The van der Waals surface area contributed by atoms with Gasteiger partial charge in [-0.25, -0.2) is 4.98 Å². The molecule has 1 saturated heterocycles. The van der Waals surface area contributed by atoms with Crippen molar-refractivity contribution in [3.63, 3.8) is 0 Å². The molecule has 2 heterocycles. The fraction of sp³-hybridized carbons (Fsp3) is 0.259. The molecule has 4 rings (SSSR count). The highest BCUT2D eigenvalue weighted by Crippen LogP contribution is 2.39. The molecule has 9 nitrogen and oxygen atoms in total. The summed E-state index contributed by atoms with van der Waals surface area (Å²) in [5.74, 6) is -0.274. The molecule has 1 aliphatic heterocycles. The first kappa shape index (κ1) is 26.0. The molecule has 0 atom stereocenters. The number of benzene rings is 2. The van der Waals surface area contributed by atoms with Gasteiger partial charge in [0.25, 0.3) is 17.5 Å². The van der Waals surface area contributed by atoms with E-state index in [4.69, 9.17) is 0 Å². The van der Waals surface area contributed by atoms with Gasteiger partial charge < -0.3 is 9.80 Å². The molecule has 1 fully saturated rings. The van der Waals surface area contributed by atoms with Crippen molar-refractivity contribution in [2.45, 2.75) is 29.6 Å². The highest BCUT2D eigenvalue weighted by atomic mass is 32.2. The minimum atomic E-state index is -0.432. The van der Waals surface area contributed by atoms with Crippen LogP contribution in [0.15, 0.2) is 77.4 Å². The molecule has 0 unspecified atom stereocenters. The van der Waals surface area contributed by atoms with Crippen LogP contribution in [0.3, 0.4) is 0 Å². The zero-order chi connectivity index (χ0) is 26.5. The number of hydrogen-bond acceptors (Lipinski definition) is 7. The van der Waals surface area contributed by atoms with Crippen LogP contribution in [0, 0.1) is 10.1 Å². The van der Waals surface area contributed by atoms with E-state index in [9.17, 15) is 19.7 Å². The molecule has 37 heavy (non-hydrogen) atoms. The van der Waals surface area contributed by atoms with Crippen LogP contribution < -0.4 is 0 Å². The molecular weight excluding hydrogens is 490 g/mol. The number of hydrogen-bond donors (Lipinski definition) is 0. The Kier molecular flexibility index (Phi) is 7.98. The van der Waals surface area contributed by atoms with Crippen molar-refractivity contribution in [1.29, 1.82) is 0 Å². The molecule has 0 spiro atoms. The topological polar surface area (TPSA) is 110 Å². The third kappa shape index (κ3) is 5.86. The molecular formula is C27H27N5O4S. The highest BCUT2D eigenvalue weighted by molar-refractivity contribution is 7.99. The van der Waals surface area contributed by atoms with E-state index in [1.54, 1.807) is 21.9 Å². The lowest BCUT2D eigenvalue weighted by atomic mass is 10.0. The predicted molar refractivity (Wildman–Crippen MR) is 141 cm³/mol. The smallest absolute Gasteiger partial charge is 0.283 e. The van der Waals surface area contributed by atoms with Gasteiger partial charge in [0.05, 0.1) is 16.0 Å². The molecule has 1 aliphatic rings. The first-order valence-electron chi connectivity index (χ1n) is 11.8. The van der Waals surface area contributed by atoms with E-state index < -0.39 is 4.92 Å². The van der Waals surface area contributed by atoms with Crippen LogP contribution in [0.25, 0.3) is 5.57 Å².